The monoisotopic (exact) mass is 298 g/mol. The Bertz CT molecular complexity index is 455. The predicted octanol–water partition coefficient (Wildman–Crippen LogP) is 3.20. The van der Waals surface area contributed by atoms with Gasteiger partial charge in [0.2, 0.25) is 0 Å². The number of rotatable bonds is 2. The molecule has 0 saturated heterocycles. The van der Waals surface area contributed by atoms with Gasteiger partial charge in [-0.3, -0.25) is 0 Å². The number of carbonyl (C=O) groups is 2. The highest BCUT2D eigenvalue weighted by molar-refractivity contribution is 6.17. The van der Waals surface area contributed by atoms with Crippen LogP contribution in [0, 0.1) is 25.5 Å². The molecule has 1 aromatic rings. The van der Waals surface area contributed by atoms with E-state index in [-0.39, 0.29) is 11.1 Å². The molecule has 4 nitrogen and oxygen atoms in total. The van der Waals surface area contributed by atoms with Gasteiger partial charge in [0, 0.05) is 0 Å². The molecule has 0 aliphatic rings. The minimum absolute atomic E-state index is 0.00313. The van der Waals surface area contributed by atoms with E-state index in [1.807, 2.05) is 0 Å². The van der Waals surface area contributed by atoms with Gasteiger partial charge in [-0.25, -0.2) is 18.4 Å². The highest BCUT2D eigenvalue weighted by Crippen LogP contribution is 2.27. The van der Waals surface area contributed by atoms with Crippen molar-refractivity contribution < 1.29 is 26.9 Å². The Balaban J connectivity index is 3.66. The van der Waals surface area contributed by atoms with Gasteiger partial charge in [-0.05, 0) is 25.0 Å². The average Bonchev–Trinajstić information content (AvgIpc) is 2.36. The highest BCUT2D eigenvalue weighted by atomic mass is 35.5. The van der Waals surface area contributed by atoms with Crippen molar-refractivity contribution in [2.75, 3.05) is 0 Å². The largest absolute Gasteiger partial charge is 0.359 e. The zero-order valence-electron chi connectivity index (χ0n) is 9.14. The zero-order valence-corrected chi connectivity index (χ0v) is 10.7. The summed E-state index contributed by atoms with van der Waals surface area (Å²) in [4.78, 5) is 22.4. The summed E-state index contributed by atoms with van der Waals surface area (Å²) >= 11 is 9.63. The summed E-state index contributed by atoms with van der Waals surface area (Å²) in [7, 11) is 0. The molecule has 98 valence electrons. The first-order chi connectivity index (χ1) is 8.36. The fourth-order valence-electron chi connectivity index (χ4n) is 1.49. The van der Waals surface area contributed by atoms with Gasteiger partial charge in [-0.15, -0.1) is 0 Å². The second-order valence-electron chi connectivity index (χ2n) is 3.36. The van der Waals surface area contributed by atoms with Gasteiger partial charge in [-0.2, -0.15) is 0 Å². The Morgan fingerprint density at radius 3 is 1.39 bits per heavy atom. The summed E-state index contributed by atoms with van der Waals surface area (Å²) in [5.74, 6) is -5.64. The average molecular weight is 299 g/mol. The molecule has 1 rings (SSSR count). The van der Waals surface area contributed by atoms with Crippen LogP contribution in [0.1, 0.15) is 31.8 Å². The van der Waals surface area contributed by atoms with Crippen LogP contribution in [0.3, 0.4) is 0 Å². The molecule has 0 aliphatic carbocycles. The highest BCUT2D eigenvalue weighted by Gasteiger charge is 2.29. The SMILES string of the molecule is Cc1c(C)c(C(=O)OCl)c(F)c(F)c1C(=O)OCl. The van der Waals surface area contributed by atoms with E-state index in [4.69, 9.17) is 23.7 Å². The third-order valence-corrected chi connectivity index (χ3v) is 2.77. The Labute approximate surface area is 111 Å². The van der Waals surface area contributed by atoms with Crippen molar-refractivity contribution in [1.29, 1.82) is 0 Å². The molecule has 0 N–H and O–H groups in total. The Morgan fingerprint density at radius 2 is 1.17 bits per heavy atom. The fourth-order valence-corrected chi connectivity index (χ4v) is 1.64. The van der Waals surface area contributed by atoms with Crippen LogP contribution in [0.15, 0.2) is 0 Å². The summed E-state index contributed by atoms with van der Waals surface area (Å²) in [5.41, 5.74) is -1.38. The van der Waals surface area contributed by atoms with E-state index in [9.17, 15) is 18.4 Å². The van der Waals surface area contributed by atoms with Gasteiger partial charge in [0.15, 0.2) is 11.6 Å². The van der Waals surface area contributed by atoms with Crippen molar-refractivity contribution in [2.24, 2.45) is 0 Å². The van der Waals surface area contributed by atoms with Crippen molar-refractivity contribution >= 4 is 35.7 Å². The summed E-state index contributed by atoms with van der Waals surface area (Å²) in [6.45, 7) is 2.60. The molecule has 18 heavy (non-hydrogen) atoms. The third-order valence-electron chi connectivity index (χ3n) is 2.49. The molecule has 0 saturated carbocycles. The van der Waals surface area contributed by atoms with Crippen LogP contribution in [-0.2, 0) is 8.58 Å². The van der Waals surface area contributed by atoms with Crippen molar-refractivity contribution in [2.45, 2.75) is 13.8 Å². The maximum absolute atomic E-state index is 13.7. The van der Waals surface area contributed by atoms with Gasteiger partial charge >= 0.3 is 11.9 Å². The minimum atomic E-state index is -1.55. The molecule has 0 atom stereocenters. The van der Waals surface area contributed by atoms with E-state index in [1.54, 1.807) is 0 Å². The molecule has 0 unspecified atom stereocenters. The number of benzene rings is 1. The zero-order chi connectivity index (χ0) is 14.0. The predicted molar refractivity (Wildman–Crippen MR) is 58.4 cm³/mol. The van der Waals surface area contributed by atoms with Gasteiger partial charge < -0.3 is 8.58 Å². The maximum atomic E-state index is 13.7. The molecule has 0 spiro atoms. The van der Waals surface area contributed by atoms with E-state index >= 15 is 0 Å². The van der Waals surface area contributed by atoms with Crippen LogP contribution in [0.4, 0.5) is 8.78 Å². The van der Waals surface area contributed by atoms with Gasteiger partial charge in [-0.1, -0.05) is 0 Å². The molecular weight excluding hydrogens is 293 g/mol. The summed E-state index contributed by atoms with van der Waals surface area (Å²) in [6.07, 6.45) is 0. The molecule has 0 heterocycles. The summed E-state index contributed by atoms with van der Waals surface area (Å²) in [5, 5.41) is 0. The molecule has 8 heteroatoms. The Kier molecular flexibility index (Phi) is 4.48. The van der Waals surface area contributed by atoms with Crippen molar-refractivity contribution in [1.82, 2.24) is 0 Å². The van der Waals surface area contributed by atoms with E-state index in [0.29, 0.717) is 0 Å². The molecule has 0 bridgehead atoms. The molecule has 0 aliphatic heterocycles. The topological polar surface area (TPSA) is 52.6 Å². The van der Waals surface area contributed by atoms with Crippen LogP contribution < -0.4 is 0 Å². The number of halogens is 4. The first-order valence-electron chi connectivity index (χ1n) is 4.50. The maximum Gasteiger partial charge on any atom is 0.359 e. The summed E-state index contributed by atoms with van der Waals surface area (Å²) < 4.78 is 34.9. The van der Waals surface area contributed by atoms with E-state index in [2.05, 4.69) is 8.58 Å². The smallest absolute Gasteiger partial charge is 0.343 e. The first kappa shape index (κ1) is 14.7. The fraction of sp³-hybridized carbons (Fsp3) is 0.200. The van der Waals surface area contributed by atoms with Crippen molar-refractivity contribution in [3.63, 3.8) is 0 Å². The van der Waals surface area contributed by atoms with Gasteiger partial charge in [0.05, 0.1) is 0 Å². The van der Waals surface area contributed by atoms with Crippen LogP contribution in [0.2, 0.25) is 0 Å². The molecule has 0 radical (unpaired) electrons. The van der Waals surface area contributed by atoms with Crippen molar-refractivity contribution in [3.05, 3.63) is 33.9 Å². The molecule has 0 aromatic heterocycles. The lowest BCUT2D eigenvalue weighted by atomic mass is 9.96. The summed E-state index contributed by atoms with van der Waals surface area (Å²) in [6, 6.07) is 0. The van der Waals surface area contributed by atoms with Crippen LogP contribution in [-0.4, -0.2) is 11.9 Å². The second-order valence-corrected chi connectivity index (χ2v) is 3.67. The first-order valence-corrected chi connectivity index (χ1v) is 5.12. The number of hydrogen-bond acceptors (Lipinski definition) is 4. The Morgan fingerprint density at radius 1 is 0.889 bits per heavy atom. The lowest BCUT2D eigenvalue weighted by Gasteiger charge is -2.12. The normalized spacial score (nSPS) is 10.1. The third kappa shape index (κ3) is 2.26. The lowest BCUT2D eigenvalue weighted by Crippen LogP contribution is -2.15. The standard InChI is InChI=1S/C10H6Cl2F2O4/c1-3-4(2)6(10(16)18-12)8(14)7(13)5(3)9(15)17-11/h1-2H3. The van der Waals surface area contributed by atoms with Crippen LogP contribution in [0.5, 0.6) is 0 Å². The Hall–Kier alpha value is -1.40. The molecular formula is C10H6Cl2F2O4. The second kappa shape index (κ2) is 5.49. The quantitative estimate of drug-likeness (QED) is 0.841. The number of hydrogen-bond donors (Lipinski definition) is 0. The van der Waals surface area contributed by atoms with Crippen LogP contribution in [0.25, 0.3) is 0 Å². The van der Waals surface area contributed by atoms with Gasteiger partial charge in [0.25, 0.3) is 0 Å². The van der Waals surface area contributed by atoms with Crippen molar-refractivity contribution in [3.8, 4) is 0 Å². The number of carbonyl (C=O) groups excluding carboxylic acids is 2. The molecule has 1 aromatic carbocycles. The van der Waals surface area contributed by atoms with E-state index in [0.717, 1.165) is 0 Å². The minimum Gasteiger partial charge on any atom is -0.343 e. The molecule has 0 fully saturated rings. The van der Waals surface area contributed by atoms with Gasteiger partial charge in [0.1, 0.15) is 34.9 Å². The lowest BCUT2D eigenvalue weighted by molar-refractivity contribution is 0.0725. The van der Waals surface area contributed by atoms with Crippen LogP contribution >= 0.6 is 23.7 Å². The van der Waals surface area contributed by atoms with E-state index in [1.165, 1.54) is 13.8 Å². The van der Waals surface area contributed by atoms with E-state index < -0.39 is 34.7 Å². The molecule has 0 amide bonds.